The Morgan fingerprint density at radius 3 is 2.49 bits per heavy atom. The van der Waals surface area contributed by atoms with E-state index in [2.05, 4.69) is 39.5 Å². The first-order valence-corrected chi connectivity index (χ1v) is 15.6. The maximum atomic E-state index is 13.0. The molecule has 0 saturated carbocycles. The van der Waals surface area contributed by atoms with E-state index in [1.54, 1.807) is 29.1 Å². The van der Waals surface area contributed by atoms with Crippen molar-refractivity contribution in [3.8, 4) is 16.8 Å². The lowest BCUT2D eigenvalue weighted by molar-refractivity contribution is -0.110. The lowest BCUT2D eigenvalue weighted by Crippen LogP contribution is -2.35. The first-order valence-electron chi connectivity index (χ1n) is 14.1. The first-order chi connectivity index (χ1) is 20.5. The molecule has 43 heavy (non-hydrogen) atoms. The summed E-state index contributed by atoms with van der Waals surface area (Å²) in [6.07, 6.45) is 5.31. The minimum Gasteiger partial charge on any atom is -0.358 e. The normalized spacial score (nSPS) is 13.9. The fourth-order valence-electron chi connectivity index (χ4n) is 5.27. The van der Waals surface area contributed by atoms with Gasteiger partial charge in [-0.2, -0.15) is 5.10 Å². The predicted molar refractivity (Wildman–Crippen MR) is 167 cm³/mol. The lowest BCUT2D eigenvalue weighted by Gasteiger charge is -2.18. The number of hydrogen-bond donors (Lipinski definition) is 4. The molecule has 2 aromatic heterocycles. The van der Waals surface area contributed by atoms with Gasteiger partial charge in [-0.1, -0.05) is 19.9 Å². The van der Waals surface area contributed by atoms with Crippen LogP contribution in [0.4, 0.5) is 5.69 Å². The highest BCUT2D eigenvalue weighted by Crippen LogP contribution is 2.37. The van der Waals surface area contributed by atoms with Crippen molar-refractivity contribution in [3.05, 3.63) is 82.9 Å². The van der Waals surface area contributed by atoms with Gasteiger partial charge in [-0.25, -0.2) is 18.2 Å². The van der Waals surface area contributed by atoms with Crippen LogP contribution in [-0.4, -0.2) is 66.1 Å². The molecule has 0 spiro atoms. The van der Waals surface area contributed by atoms with E-state index in [0.717, 1.165) is 47.6 Å². The molecule has 5 N–H and O–H groups in total. The third kappa shape index (κ3) is 6.17. The van der Waals surface area contributed by atoms with E-state index < -0.39 is 10.0 Å². The molecule has 0 radical (unpaired) electrons. The van der Waals surface area contributed by atoms with E-state index in [1.165, 1.54) is 12.1 Å². The second-order valence-corrected chi connectivity index (χ2v) is 12.0. The summed E-state index contributed by atoms with van der Waals surface area (Å²) in [6.45, 7) is 11.1. The highest BCUT2D eigenvalue weighted by atomic mass is 32.2. The van der Waals surface area contributed by atoms with Gasteiger partial charge in [-0.15, -0.1) is 0 Å². The Kier molecular flexibility index (Phi) is 8.36. The van der Waals surface area contributed by atoms with Crippen LogP contribution in [0.1, 0.15) is 46.7 Å². The van der Waals surface area contributed by atoms with Crippen molar-refractivity contribution in [2.24, 2.45) is 5.14 Å². The monoisotopic (exact) mass is 601 g/mol. The van der Waals surface area contributed by atoms with E-state index >= 15 is 0 Å². The van der Waals surface area contributed by atoms with Crippen LogP contribution in [0.25, 0.3) is 28.5 Å². The Bertz CT molecular complexity index is 1830. The summed E-state index contributed by atoms with van der Waals surface area (Å²) >= 11 is 0. The van der Waals surface area contributed by atoms with Crippen LogP contribution in [0.5, 0.6) is 0 Å². The minimum atomic E-state index is -3.79. The third-order valence-corrected chi connectivity index (χ3v) is 8.68. The molecule has 1 aliphatic rings. The molecule has 0 saturated heterocycles. The number of anilines is 1. The van der Waals surface area contributed by atoms with Gasteiger partial charge in [0.25, 0.3) is 11.8 Å². The summed E-state index contributed by atoms with van der Waals surface area (Å²) in [6, 6.07) is 11.8. The molecule has 2 aromatic carbocycles. The van der Waals surface area contributed by atoms with Gasteiger partial charge in [0.15, 0.2) is 0 Å². The fourth-order valence-corrected chi connectivity index (χ4v) is 5.79. The van der Waals surface area contributed by atoms with Crippen molar-refractivity contribution in [1.82, 2.24) is 25.0 Å². The zero-order valence-electron chi connectivity index (χ0n) is 24.6. The van der Waals surface area contributed by atoms with E-state index in [9.17, 15) is 18.0 Å². The van der Waals surface area contributed by atoms with Crippen LogP contribution in [-0.2, 0) is 14.8 Å². The summed E-state index contributed by atoms with van der Waals surface area (Å²) in [5.74, 6) is -0.368. The molecule has 0 fully saturated rings. The molecule has 0 aliphatic carbocycles. The van der Waals surface area contributed by atoms with Crippen LogP contribution >= 0.6 is 0 Å². The van der Waals surface area contributed by atoms with Gasteiger partial charge in [0.1, 0.15) is 0 Å². The van der Waals surface area contributed by atoms with Gasteiger partial charge in [0.05, 0.1) is 27.9 Å². The summed E-state index contributed by atoms with van der Waals surface area (Å²) in [5, 5.41) is 15.6. The van der Waals surface area contributed by atoms with Crippen LogP contribution in [0.15, 0.2) is 59.8 Å². The van der Waals surface area contributed by atoms with Crippen LogP contribution in [0.2, 0.25) is 0 Å². The minimum absolute atomic E-state index is 0.0225. The van der Waals surface area contributed by atoms with E-state index in [1.807, 2.05) is 38.2 Å². The summed E-state index contributed by atoms with van der Waals surface area (Å²) < 4.78 is 24.8. The summed E-state index contributed by atoms with van der Waals surface area (Å²) in [5.41, 5.74) is 7.05. The zero-order chi connectivity index (χ0) is 30.9. The SMILES string of the molecule is CCN(CC)CCNC(=O)c1c(C)[nH]c(/C=C2\C(=O)Nc3ccc(-c4cnn(-c5ccc(S(N)(=O)=O)cc5)c4)cc32)c1C. The van der Waals surface area contributed by atoms with Crippen molar-refractivity contribution in [2.75, 3.05) is 31.5 Å². The van der Waals surface area contributed by atoms with Crippen LogP contribution in [0, 0.1) is 13.8 Å². The molecule has 3 heterocycles. The number of fused-ring (bicyclic) bond motifs is 1. The number of H-pyrrole nitrogens is 1. The van der Waals surface area contributed by atoms with Gasteiger partial charge in [-0.3, -0.25) is 9.59 Å². The molecule has 11 nitrogen and oxygen atoms in total. The number of aromatic amines is 1. The smallest absolute Gasteiger partial charge is 0.256 e. The molecular formula is C31H35N7O4S. The average molecular weight is 602 g/mol. The summed E-state index contributed by atoms with van der Waals surface area (Å²) in [4.78, 5) is 31.6. The molecule has 2 amide bonds. The molecule has 4 aromatic rings. The van der Waals surface area contributed by atoms with Gasteiger partial charge in [-0.05, 0) is 80.5 Å². The largest absolute Gasteiger partial charge is 0.358 e. The number of nitrogens with zero attached hydrogens (tertiary/aromatic N) is 3. The number of aromatic nitrogens is 3. The summed E-state index contributed by atoms with van der Waals surface area (Å²) in [7, 11) is -3.79. The Morgan fingerprint density at radius 1 is 1.09 bits per heavy atom. The second kappa shape index (κ2) is 12.0. The average Bonchev–Trinajstić information content (AvgIpc) is 3.66. The third-order valence-electron chi connectivity index (χ3n) is 7.75. The zero-order valence-corrected chi connectivity index (χ0v) is 25.4. The molecule has 12 heteroatoms. The topological polar surface area (TPSA) is 155 Å². The Morgan fingerprint density at radius 2 is 1.81 bits per heavy atom. The van der Waals surface area contributed by atoms with E-state index in [-0.39, 0.29) is 16.7 Å². The molecular weight excluding hydrogens is 566 g/mol. The first kappa shape index (κ1) is 30.0. The van der Waals surface area contributed by atoms with Crippen LogP contribution < -0.4 is 15.8 Å². The molecule has 1 aliphatic heterocycles. The second-order valence-electron chi connectivity index (χ2n) is 10.4. The molecule has 224 valence electrons. The van der Waals surface area contributed by atoms with Crippen molar-refractivity contribution in [2.45, 2.75) is 32.6 Å². The van der Waals surface area contributed by atoms with Gasteiger partial charge < -0.3 is 20.5 Å². The Hall–Kier alpha value is -4.52. The number of benzene rings is 2. The standard InChI is InChI=1S/C31H35N7O4S/c1-5-37(6-2)14-13-33-31(40)29-19(3)28(35-20(29)4)16-26-25-15-21(7-12-27(25)36-30(26)39)22-17-34-38(18-22)23-8-10-24(11-9-23)43(32,41)42/h7-12,15-18,35H,5-6,13-14H2,1-4H3,(H,33,40)(H,36,39)(H2,32,41,42)/b26-16-. The molecule has 0 unspecified atom stereocenters. The highest BCUT2D eigenvalue weighted by molar-refractivity contribution is 7.89. The number of primary sulfonamides is 1. The number of nitrogens with one attached hydrogen (secondary N) is 3. The van der Waals surface area contributed by atoms with Gasteiger partial charge in [0.2, 0.25) is 10.0 Å². The highest BCUT2D eigenvalue weighted by Gasteiger charge is 2.26. The number of likely N-dealkylation sites (N-methyl/N-ethyl adjacent to an activating group) is 1. The maximum Gasteiger partial charge on any atom is 0.256 e. The number of sulfonamides is 1. The Labute approximate surface area is 250 Å². The van der Waals surface area contributed by atoms with Crippen molar-refractivity contribution >= 4 is 39.2 Å². The number of carbonyl (C=O) groups excluding carboxylic acids is 2. The van der Waals surface area contributed by atoms with Crippen molar-refractivity contribution in [3.63, 3.8) is 0 Å². The predicted octanol–water partition coefficient (Wildman–Crippen LogP) is 3.70. The van der Waals surface area contributed by atoms with Gasteiger partial charge in [0, 0.05) is 47.5 Å². The number of aryl methyl sites for hydroxylation is 1. The number of nitrogens with two attached hydrogens (primary N) is 1. The van der Waals surface area contributed by atoms with E-state index in [4.69, 9.17) is 5.14 Å². The van der Waals surface area contributed by atoms with Crippen LogP contribution in [0.3, 0.4) is 0 Å². The van der Waals surface area contributed by atoms with Gasteiger partial charge >= 0.3 is 0 Å². The fraction of sp³-hybridized carbons (Fsp3) is 0.258. The molecule has 0 bridgehead atoms. The number of carbonyl (C=O) groups is 2. The van der Waals surface area contributed by atoms with E-state index in [0.29, 0.717) is 34.8 Å². The number of rotatable bonds is 10. The Balaban J connectivity index is 1.40. The molecule has 0 atom stereocenters. The van der Waals surface area contributed by atoms with Crippen molar-refractivity contribution in [1.29, 1.82) is 0 Å². The quantitative estimate of drug-likeness (QED) is 0.203. The molecule has 5 rings (SSSR count). The lowest BCUT2D eigenvalue weighted by atomic mass is 10.00. The number of amides is 2. The van der Waals surface area contributed by atoms with Crippen molar-refractivity contribution < 1.29 is 18.0 Å². The number of hydrogen-bond acceptors (Lipinski definition) is 6. The maximum absolute atomic E-state index is 13.0.